The van der Waals surface area contributed by atoms with Crippen molar-refractivity contribution < 1.29 is 4.74 Å². The molecule has 2 saturated heterocycles. The molecular formula is C19H26N4O. The third kappa shape index (κ3) is 2.77. The Hall–Kier alpha value is -1.69. The molecule has 0 radical (unpaired) electrons. The minimum Gasteiger partial charge on any atom is -0.374 e. The van der Waals surface area contributed by atoms with E-state index >= 15 is 0 Å². The molecule has 1 aromatic carbocycles. The summed E-state index contributed by atoms with van der Waals surface area (Å²) < 4.78 is 8.04. The van der Waals surface area contributed by atoms with Crippen LogP contribution in [-0.2, 0) is 11.3 Å². The lowest BCUT2D eigenvalue weighted by Gasteiger charge is -2.33. The summed E-state index contributed by atoms with van der Waals surface area (Å²) in [6.45, 7) is 9.24. The summed E-state index contributed by atoms with van der Waals surface area (Å²) in [7, 11) is 2.22. The highest BCUT2D eigenvalue weighted by molar-refractivity contribution is 5.37. The number of rotatable bonds is 3. The summed E-state index contributed by atoms with van der Waals surface area (Å²) in [6, 6.07) is 10.9. The first-order valence-corrected chi connectivity index (χ1v) is 8.78. The van der Waals surface area contributed by atoms with Crippen molar-refractivity contribution in [2.45, 2.75) is 32.5 Å². The molecule has 2 aromatic rings. The highest BCUT2D eigenvalue weighted by atomic mass is 16.5. The number of morpholine rings is 1. The Morgan fingerprint density at radius 1 is 1.17 bits per heavy atom. The van der Waals surface area contributed by atoms with Gasteiger partial charge in [-0.15, -0.1) is 0 Å². The second kappa shape index (κ2) is 6.31. The van der Waals surface area contributed by atoms with Crippen molar-refractivity contribution in [1.82, 2.24) is 19.6 Å². The third-order valence-electron chi connectivity index (χ3n) is 5.48. The summed E-state index contributed by atoms with van der Waals surface area (Å²) in [5.41, 5.74) is 4.84. The first kappa shape index (κ1) is 15.8. The van der Waals surface area contributed by atoms with Crippen molar-refractivity contribution in [2.75, 3.05) is 33.3 Å². The van der Waals surface area contributed by atoms with E-state index in [2.05, 4.69) is 59.6 Å². The molecule has 2 fully saturated rings. The monoisotopic (exact) mass is 326 g/mol. The minimum atomic E-state index is 0.355. The van der Waals surface area contributed by atoms with Crippen molar-refractivity contribution >= 4 is 0 Å². The van der Waals surface area contributed by atoms with Crippen LogP contribution in [0.15, 0.2) is 30.3 Å². The summed E-state index contributed by atoms with van der Waals surface area (Å²) in [5.74, 6) is 0. The lowest BCUT2D eigenvalue weighted by Crippen LogP contribution is -2.48. The number of likely N-dealkylation sites (N-methyl/N-ethyl adjacent to an activating group) is 1. The van der Waals surface area contributed by atoms with Crippen LogP contribution >= 0.6 is 0 Å². The highest BCUT2D eigenvalue weighted by Gasteiger charge is 2.38. The standard InChI is InChI=1S/C19H26N4O/c1-14-17(15(2)23(20-14)16-7-5-4-6-8-16)11-22-12-18-19(13-22)24-10-9-21(18)3/h4-8,18-19H,9-13H2,1-3H3/t18-,19-/m0/s1. The van der Waals surface area contributed by atoms with Gasteiger partial charge in [0.2, 0.25) is 0 Å². The number of benzene rings is 1. The van der Waals surface area contributed by atoms with E-state index in [1.165, 1.54) is 11.3 Å². The van der Waals surface area contributed by atoms with E-state index in [0.717, 1.165) is 44.2 Å². The topological polar surface area (TPSA) is 33.5 Å². The van der Waals surface area contributed by atoms with E-state index in [9.17, 15) is 0 Å². The second-order valence-corrected chi connectivity index (χ2v) is 7.05. The number of hydrogen-bond acceptors (Lipinski definition) is 4. The number of aromatic nitrogens is 2. The zero-order valence-corrected chi connectivity index (χ0v) is 14.8. The van der Waals surface area contributed by atoms with Crippen molar-refractivity contribution in [2.24, 2.45) is 0 Å². The van der Waals surface area contributed by atoms with Gasteiger partial charge in [-0.3, -0.25) is 9.80 Å². The molecule has 3 heterocycles. The van der Waals surface area contributed by atoms with Gasteiger partial charge in [0.15, 0.2) is 0 Å². The molecule has 1 aromatic heterocycles. The van der Waals surface area contributed by atoms with E-state index in [0.29, 0.717) is 12.1 Å². The first-order chi connectivity index (χ1) is 11.6. The van der Waals surface area contributed by atoms with Gasteiger partial charge in [0.25, 0.3) is 0 Å². The fourth-order valence-corrected chi connectivity index (χ4v) is 4.01. The molecule has 2 atom stereocenters. The van der Waals surface area contributed by atoms with E-state index in [-0.39, 0.29) is 0 Å². The van der Waals surface area contributed by atoms with E-state index < -0.39 is 0 Å². The Labute approximate surface area is 143 Å². The molecule has 5 heteroatoms. The molecule has 0 bridgehead atoms. The van der Waals surface area contributed by atoms with Gasteiger partial charge >= 0.3 is 0 Å². The molecule has 0 N–H and O–H groups in total. The lowest BCUT2D eigenvalue weighted by atomic mass is 10.1. The Morgan fingerprint density at radius 2 is 1.96 bits per heavy atom. The molecule has 5 nitrogen and oxygen atoms in total. The van der Waals surface area contributed by atoms with E-state index in [4.69, 9.17) is 9.84 Å². The van der Waals surface area contributed by atoms with Gasteiger partial charge in [0, 0.05) is 43.5 Å². The molecule has 0 saturated carbocycles. The summed E-state index contributed by atoms with van der Waals surface area (Å²) in [5, 5.41) is 4.78. The number of ether oxygens (including phenoxy) is 1. The molecule has 2 aliphatic heterocycles. The minimum absolute atomic E-state index is 0.355. The smallest absolute Gasteiger partial charge is 0.0869 e. The van der Waals surface area contributed by atoms with Crippen molar-refractivity contribution in [3.8, 4) is 5.69 Å². The van der Waals surface area contributed by atoms with Crippen LogP contribution in [0.25, 0.3) is 5.69 Å². The average molecular weight is 326 g/mol. The molecule has 0 unspecified atom stereocenters. The number of aryl methyl sites for hydroxylation is 1. The summed E-state index contributed by atoms with van der Waals surface area (Å²) >= 11 is 0. The number of hydrogen-bond donors (Lipinski definition) is 0. The van der Waals surface area contributed by atoms with Crippen LogP contribution < -0.4 is 0 Å². The first-order valence-electron chi connectivity index (χ1n) is 8.78. The predicted molar refractivity (Wildman–Crippen MR) is 94.5 cm³/mol. The van der Waals surface area contributed by atoms with Crippen molar-refractivity contribution in [1.29, 1.82) is 0 Å². The van der Waals surface area contributed by atoms with Gasteiger partial charge < -0.3 is 4.74 Å². The van der Waals surface area contributed by atoms with Gasteiger partial charge in [0.05, 0.1) is 24.1 Å². The second-order valence-electron chi connectivity index (χ2n) is 7.05. The zero-order valence-electron chi connectivity index (χ0n) is 14.8. The van der Waals surface area contributed by atoms with Crippen LogP contribution in [0, 0.1) is 13.8 Å². The van der Waals surface area contributed by atoms with Crippen LogP contribution in [0.1, 0.15) is 17.0 Å². The van der Waals surface area contributed by atoms with Gasteiger partial charge in [-0.05, 0) is 33.0 Å². The number of para-hydroxylation sites is 1. The van der Waals surface area contributed by atoms with Crippen LogP contribution in [0.3, 0.4) is 0 Å². The van der Waals surface area contributed by atoms with Crippen LogP contribution in [0.4, 0.5) is 0 Å². The Kier molecular flexibility index (Phi) is 4.16. The number of nitrogens with zero attached hydrogens (tertiary/aromatic N) is 4. The normalized spacial score (nSPS) is 25.1. The third-order valence-corrected chi connectivity index (χ3v) is 5.48. The van der Waals surface area contributed by atoms with Crippen molar-refractivity contribution in [3.05, 3.63) is 47.3 Å². The Bertz CT molecular complexity index is 712. The van der Waals surface area contributed by atoms with Gasteiger partial charge in [-0.2, -0.15) is 5.10 Å². The molecule has 128 valence electrons. The zero-order chi connectivity index (χ0) is 16.7. The van der Waals surface area contributed by atoms with Gasteiger partial charge in [0.1, 0.15) is 0 Å². The molecule has 24 heavy (non-hydrogen) atoms. The fourth-order valence-electron chi connectivity index (χ4n) is 4.01. The number of fused-ring (bicyclic) bond motifs is 1. The average Bonchev–Trinajstić information content (AvgIpc) is 3.13. The van der Waals surface area contributed by atoms with E-state index in [1.807, 2.05) is 6.07 Å². The van der Waals surface area contributed by atoms with Gasteiger partial charge in [-0.25, -0.2) is 4.68 Å². The predicted octanol–water partition coefficient (Wildman–Crippen LogP) is 2.00. The molecule has 0 amide bonds. The maximum absolute atomic E-state index is 5.97. The largest absolute Gasteiger partial charge is 0.374 e. The highest BCUT2D eigenvalue weighted by Crippen LogP contribution is 2.25. The molecule has 2 aliphatic rings. The van der Waals surface area contributed by atoms with Crippen molar-refractivity contribution in [3.63, 3.8) is 0 Å². The maximum Gasteiger partial charge on any atom is 0.0869 e. The fraction of sp³-hybridized carbons (Fsp3) is 0.526. The van der Waals surface area contributed by atoms with Gasteiger partial charge in [-0.1, -0.05) is 18.2 Å². The quantitative estimate of drug-likeness (QED) is 0.864. The van der Waals surface area contributed by atoms with Crippen LogP contribution in [0.2, 0.25) is 0 Å². The van der Waals surface area contributed by atoms with E-state index in [1.54, 1.807) is 0 Å². The molecule has 0 aliphatic carbocycles. The Balaban J connectivity index is 1.54. The SMILES string of the molecule is Cc1nn(-c2ccccc2)c(C)c1CN1C[C@@H]2OCCN(C)[C@H]2C1. The summed E-state index contributed by atoms with van der Waals surface area (Å²) in [4.78, 5) is 4.96. The lowest BCUT2D eigenvalue weighted by molar-refractivity contribution is -0.0370. The molecule has 4 rings (SSSR count). The summed E-state index contributed by atoms with van der Waals surface area (Å²) in [6.07, 6.45) is 0.355. The van der Waals surface area contributed by atoms with Crippen LogP contribution in [-0.4, -0.2) is 65.0 Å². The molecule has 0 spiro atoms. The van der Waals surface area contributed by atoms with Crippen LogP contribution in [0.5, 0.6) is 0 Å². The maximum atomic E-state index is 5.97. The molecular weight excluding hydrogens is 300 g/mol. The Morgan fingerprint density at radius 3 is 2.71 bits per heavy atom. The number of likely N-dealkylation sites (tertiary alicyclic amines) is 1.